The molecule has 0 aromatic carbocycles. The third kappa shape index (κ3) is 3.95. The van der Waals surface area contributed by atoms with Crippen LogP contribution < -0.4 is 16.8 Å². The highest BCUT2D eigenvalue weighted by atomic mass is 16.3. The summed E-state index contributed by atoms with van der Waals surface area (Å²) in [4.78, 5) is 20.9. The summed E-state index contributed by atoms with van der Waals surface area (Å²) in [5.41, 5.74) is 10.3. The van der Waals surface area contributed by atoms with Crippen LogP contribution in [0.4, 0.5) is 0 Å². The molecule has 76 valence electrons. The molecule has 0 radical (unpaired) electrons. The first-order valence-corrected chi connectivity index (χ1v) is 3.60. The molecule has 1 unspecified atom stereocenters. The van der Waals surface area contributed by atoms with E-state index in [9.17, 15) is 9.59 Å². The van der Waals surface area contributed by atoms with Crippen molar-refractivity contribution in [2.75, 3.05) is 6.54 Å². The van der Waals surface area contributed by atoms with Gasteiger partial charge in [-0.3, -0.25) is 4.79 Å². The molecule has 1 amide bonds. The SMILES string of the molecule is NCC(N)NC(=O)[C@H](O)[C@@H](O)C=O. The first kappa shape index (κ1) is 12.0. The molecule has 7 heteroatoms. The van der Waals surface area contributed by atoms with Gasteiger partial charge in [-0.15, -0.1) is 0 Å². The zero-order chi connectivity index (χ0) is 10.4. The van der Waals surface area contributed by atoms with E-state index < -0.39 is 24.3 Å². The third-order valence-corrected chi connectivity index (χ3v) is 1.31. The summed E-state index contributed by atoms with van der Waals surface area (Å²) in [6.45, 7) is -0.00432. The number of nitrogens with one attached hydrogen (secondary N) is 1. The van der Waals surface area contributed by atoms with Crippen LogP contribution in [0.2, 0.25) is 0 Å². The fourth-order valence-electron chi connectivity index (χ4n) is 0.557. The van der Waals surface area contributed by atoms with Gasteiger partial charge in [-0.25, -0.2) is 0 Å². The van der Waals surface area contributed by atoms with Gasteiger partial charge in [0.2, 0.25) is 0 Å². The lowest BCUT2D eigenvalue weighted by Gasteiger charge is -2.16. The second kappa shape index (κ2) is 5.60. The van der Waals surface area contributed by atoms with Gasteiger partial charge in [-0.2, -0.15) is 0 Å². The average Bonchev–Trinajstić information content (AvgIpc) is 2.14. The van der Waals surface area contributed by atoms with Crippen molar-refractivity contribution in [1.82, 2.24) is 5.32 Å². The molecule has 0 aliphatic heterocycles. The van der Waals surface area contributed by atoms with E-state index in [0.29, 0.717) is 0 Å². The van der Waals surface area contributed by atoms with Crippen molar-refractivity contribution < 1.29 is 19.8 Å². The summed E-state index contributed by atoms with van der Waals surface area (Å²) in [7, 11) is 0. The van der Waals surface area contributed by atoms with E-state index in [1.54, 1.807) is 0 Å². The van der Waals surface area contributed by atoms with Gasteiger partial charge in [-0.1, -0.05) is 0 Å². The van der Waals surface area contributed by atoms with Gasteiger partial charge in [0.05, 0.1) is 6.17 Å². The van der Waals surface area contributed by atoms with Crippen LogP contribution in [-0.2, 0) is 9.59 Å². The summed E-state index contributed by atoms with van der Waals surface area (Å²) in [5.74, 6) is -0.933. The smallest absolute Gasteiger partial charge is 0.253 e. The molecule has 0 rings (SSSR count). The molecule has 0 spiro atoms. The maximum absolute atomic E-state index is 10.9. The monoisotopic (exact) mass is 191 g/mol. The molecule has 0 saturated heterocycles. The molecule has 7 N–H and O–H groups in total. The second-order valence-corrected chi connectivity index (χ2v) is 2.42. The number of aliphatic hydroxyl groups is 2. The summed E-state index contributed by atoms with van der Waals surface area (Å²) < 4.78 is 0. The van der Waals surface area contributed by atoms with Gasteiger partial charge >= 0.3 is 0 Å². The Hall–Kier alpha value is -1.02. The molecule has 0 bridgehead atoms. The third-order valence-electron chi connectivity index (χ3n) is 1.31. The van der Waals surface area contributed by atoms with Crippen molar-refractivity contribution in [3.8, 4) is 0 Å². The van der Waals surface area contributed by atoms with E-state index in [-0.39, 0.29) is 12.8 Å². The van der Waals surface area contributed by atoms with Crippen LogP contribution in [0.3, 0.4) is 0 Å². The zero-order valence-electron chi connectivity index (χ0n) is 6.88. The fourth-order valence-corrected chi connectivity index (χ4v) is 0.557. The van der Waals surface area contributed by atoms with Crippen LogP contribution in [0.15, 0.2) is 0 Å². The standard InChI is InChI=1S/C6H13N3O4/c7-1-4(8)9-6(13)5(12)3(11)2-10/h2-5,11-12H,1,7-8H2,(H,9,13)/t3-,4?,5+/m0/s1. The van der Waals surface area contributed by atoms with Crippen molar-refractivity contribution in [1.29, 1.82) is 0 Å². The first-order chi connectivity index (χ1) is 6.02. The number of hydrogen-bond donors (Lipinski definition) is 5. The molecular weight excluding hydrogens is 178 g/mol. The summed E-state index contributed by atoms with van der Waals surface area (Å²) in [6, 6.07) is 0. The molecule has 0 aliphatic carbocycles. The van der Waals surface area contributed by atoms with E-state index in [4.69, 9.17) is 21.7 Å². The Morgan fingerprint density at radius 1 is 1.54 bits per heavy atom. The van der Waals surface area contributed by atoms with Crippen molar-refractivity contribution in [3.05, 3.63) is 0 Å². The van der Waals surface area contributed by atoms with E-state index >= 15 is 0 Å². The number of amides is 1. The lowest BCUT2D eigenvalue weighted by molar-refractivity contribution is -0.140. The second-order valence-electron chi connectivity index (χ2n) is 2.42. The largest absolute Gasteiger partial charge is 0.382 e. The highest BCUT2D eigenvalue weighted by molar-refractivity contribution is 5.84. The van der Waals surface area contributed by atoms with Crippen molar-refractivity contribution in [2.45, 2.75) is 18.4 Å². The van der Waals surface area contributed by atoms with Crippen LogP contribution in [0.1, 0.15) is 0 Å². The van der Waals surface area contributed by atoms with E-state index in [2.05, 4.69) is 5.32 Å². The summed E-state index contributed by atoms with van der Waals surface area (Å²) in [6.07, 6.45) is -4.31. The molecule has 0 fully saturated rings. The fraction of sp³-hybridized carbons (Fsp3) is 0.667. The van der Waals surface area contributed by atoms with E-state index in [1.807, 2.05) is 0 Å². The van der Waals surface area contributed by atoms with Crippen LogP contribution in [0.5, 0.6) is 0 Å². The molecular formula is C6H13N3O4. The Bertz CT molecular complexity index is 187. The van der Waals surface area contributed by atoms with Gasteiger partial charge in [0.15, 0.2) is 12.4 Å². The topological polar surface area (TPSA) is 139 Å². The van der Waals surface area contributed by atoms with E-state index in [0.717, 1.165) is 0 Å². The lowest BCUT2D eigenvalue weighted by atomic mass is 10.2. The average molecular weight is 191 g/mol. The van der Waals surface area contributed by atoms with Crippen LogP contribution >= 0.6 is 0 Å². The summed E-state index contributed by atoms with van der Waals surface area (Å²) >= 11 is 0. The van der Waals surface area contributed by atoms with Gasteiger partial charge < -0.3 is 31.8 Å². The maximum atomic E-state index is 10.9. The number of aliphatic hydroxyl groups excluding tert-OH is 2. The van der Waals surface area contributed by atoms with Crippen LogP contribution in [0.25, 0.3) is 0 Å². The predicted octanol–water partition coefficient (Wildman–Crippen LogP) is -3.73. The highest BCUT2D eigenvalue weighted by Crippen LogP contribution is 1.90. The molecule has 3 atom stereocenters. The summed E-state index contributed by atoms with van der Waals surface area (Å²) in [5, 5.41) is 19.8. The van der Waals surface area contributed by atoms with Crippen LogP contribution in [-0.4, -0.2) is 47.3 Å². The molecule has 0 aliphatic rings. The first-order valence-electron chi connectivity index (χ1n) is 3.60. The highest BCUT2D eigenvalue weighted by Gasteiger charge is 2.24. The number of nitrogens with two attached hydrogens (primary N) is 2. The minimum absolute atomic E-state index is 0.00432. The van der Waals surface area contributed by atoms with Crippen molar-refractivity contribution in [3.63, 3.8) is 0 Å². The molecule has 13 heavy (non-hydrogen) atoms. The van der Waals surface area contributed by atoms with Crippen molar-refractivity contribution >= 4 is 12.2 Å². The Kier molecular flexibility index (Phi) is 5.16. The van der Waals surface area contributed by atoms with Crippen molar-refractivity contribution in [2.24, 2.45) is 11.5 Å². The Balaban J connectivity index is 4.03. The molecule has 7 nitrogen and oxygen atoms in total. The molecule has 0 saturated carbocycles. The Labute approximate surface area is 74.7 Å². The van der Waals surface area contributed by atoms with Gasteiger partial charge in [0.1, 0.15) is 6.10 Å². The van der Waals surface area contributed by atoms with Gasteiger partial charge in [0.25, 0.3) is 5.91 Å². The maximum Gasteiger partial charge on any atom is 0.253 e. The molecule has 0 aromatic heterocycles. The van der Waals surface area contributed by atoms with Gasteiger partial charge in [0, 0.05) is 6.54 Å². The minimum Gasteiger partial charge on any atom is -0.382 e. The normalized spacial score (nSPS) is 17.2. The molecule has 0 heterocycles. The Morgan fingerprint density at radius 2 is 2.08 bits per heavy atom. The van der Waals surface area contributed by atoms with E-state index in [1.165, 1.54) is 0 Å². The van der Waals surface area contributed by atoms with Crippen LogP contribution in [0, 0.1) is 0 Å². The minimum atomic E-state index is -1.81. The zero-order valence-corrected chi connectivity index (χ0v) is 6.88. The lowest BCUT2D eigenvalue weighted by Crippen LogP contribution is -2.52. The quantitative estimate of drug-likeness (QED) is 0.223. The number of carbonyl (C=O) groups is 2. The predicted molar refractivity (Wildman–Crippen MR) is 43.3 cm³/mol. The number of aldehydes is 1. The number of hydrogen-bond acceptors (Lipinski definition) is 6. The molecule has 0 aromatic rings. The number of carbonyl (C=O) groups excluding carboxylic acids is 2. The Morgan fingerprint density at radius 3 is 2.46 bits per heavy atom. The van der Waals surface area contributed by atoms with Gasteiger partial charge in [-0.05, 0) is 0 Å². The number of rotatable bonds is 5.